The van der Waals surface area contributed by atoms with Crippen LogP contribution in [0.15, 0.2) is 42.9 Å². The van der Waals surface area contributed by atoms with Crippen LogP contribution in [0.2, 0.25) is 0 Å². The Bertz CT molecular complexity index is 685. The summed E-state index contributed by atoms with van der Waals surface area (Å²) < 4.78 is 0. The van der Waals surface area contributed by atoms with Crippen molar-refractivity contribution in [2.24, 2.45) is 0 Å². The van der Waals surface area contributed by atoms with Gasteiger partial charge in [0.2, 0.25) is 5.95 Å². The fraction of sp³-hybridized carbons (Fsp3) is 0.375. The average molecular weight is 329 g/mol. The first-order chi connectivity index (χ1) is 11.6. The highest BCUT2D eigenvalue weighted by atomic mass is 16.3. The highest BCUT2D eigenvalue weighted by Crippen LogP contribution is 2.24. The average Bonchev–Trinajstić information content (AvgIpc) is 2.64. The molecular formula is C16H19N5O3. The van der Waals surface area contributed by atoms with Gasteiger partial charge in [-0.1, -0.05) is 6.07 Å². The van der Waals surface area contributed by atoms with Crippen molar-refractivity contribution in [3.63, 3.8) is 0 Å². The Morgan fingerprint density at radius 3 is 2.67 bits per heavy atom. The molecule has 0 radical (unpaired) electrons. The highest BCUT2D eigenvalue weighted by Gasteiger charge is 2.41. The van der Waals surface area contributed by atoms with Crippen molar-refractivity contribution < 1.29 is 15.0 Å². The molecule has 1 aliphatic heterocycles. The third-order valence-electron chi connectivity index (χ3n) is 4.12. The summed E-state index contributed by atoms with van der Waals surface area (Å²) in [5.41, 5.74) is -1.12. The Balaban J connectivity index is 1.59. The minimum Gasteiger partial charge on any atom is -0.388 e. The minimum absolute atomic E-state index is 0.0486. The second kappa shape index (κ2) is 6.90. The van der Waals surface area contributed by atoms with E-state index in [1.807, 2.05) is 0 Å². The zero-order chi connectivity index (χ0) is 17.0. The number of rotatable bonds is 4. The molecule has 2 atom stereocenters. The topological polar surface area (TPSA) is 111 Å². The van der Waals surface area contributed by atoms with Gasteiger partial charge in [-0.2, -0.15) is 0 Å². The summed E-state index contributed by atoms with van der Waals surface area (Å²) in [4.78, 5) is 26.1. The van der Waals surface area contributed by atoms with E-state index in [0.29, 0.717) is 12.5 Å². The SMILES string of the molecule is O=C(NC[C@]1(O)CCN(c2ncccn2)C[C@H]1O)c1ccccn1. The number of hydrogen-bond acceptors (Lipinski definition) is 7. The Kier molecular flexibility index (Phi) is 4.68. The maximum absolute atomic E-state index is 12.0. The molecule has 3 N–H and O–H groups in total. The number of nitrogens with zero attached hydrogens (tertiary/aromatic N) is 4. The number of aromatic nitrogens is 3. The van der Waals surface area contributed by atoms with Crippen LogP contribution in [0, 0.1) is 0 Å². The third-order valence-corrected chi connectivity index (χ3v) is 4.12. The summed E-state index contributed by atoms with van der Waals surface area (Å²) in [5.74, 6) is 0.126. The Labute approximate surface area is 139 Å². The normalized spacial score (nSPS) is 23.8. The maximum Gasteiger partial charge on any atom is 0.269 e. The van der Waals surface area contributed by atoms with E-state index >= 15 is 0 Å². The summed E-state index contributed by atoms with van der Waals surface area (Å²) in [6.45, 7) is 0.629. The van der Waals surface area contributed by atoms with E-state index in [0.717, 1.165) is 0 Å². The molecule has 126 valence electrons. The quantitative estimate of drug-likeness (QED) is 0.700. The van der Waals surface area contributed by atoms with E-state index in [4.69, 9.17) is 0 Å². The molecule has 2 aromatic heterocycles. The van der Waals surface area contributed by atoms with Gasteiger partial charge in [0.1, 0.15) is 17.4 Å². The first-order valence-corrected chi connectivity index (χ1v) is 7.70. The van der Waals surface area contributed by atoms with Crippen molar-refractivity contribution in [3.8, 4) is 0 Å². The zero-order valence-corrected chi connectivity index (χ0v) is 13.0. The van der Waals surface area contributed by atoms with Gasteiger partial charge in [0, 0.05) is 38.2 Å². The van der Waals surface area contributed by atoms with E-state index in [1.165, 1.54) is 6.20 Å². The number of pyridine rings is 1. The molecule has 0 spiro atoms. The maximum atomic E-state index is 12.0. The number of carbonyl (C=O) groups excluding carboxylic acids is 1. The molecule has 1 amide bonds. The standard InChI is InChI=1S/C16H19N5O3/c22-13-10-21(15-18-7-3-8-19-15)9-5-16(13,24)11-20-14(23)12-4-1-2-6-17-12/h1-4,6-8,13,22,24H,5,9-11H2,(H,20,23)/t13-,16-/m1/s1. The van der Waals surface area contributed by atoms with Crippen LogP contribution in [-0.4, -0.2) is 62.4 Å². The van der Waals surface area contributed by atoms with E-state index in [2.05, 4.69) is 20.3 Å². The molecule has 1 aliphatic rings. The molecule has 8 heteroatoms. The first-order valence-electron chi connectivity index (χ1n) is 7.70. The van der Waals surface area contributed by atoms with Gasteiger partial charge in [0.25, 0.3) is 5.91 Å². The van der Waals surface area contributed by atoms with Crippen LogP contribution < -0.4 is 10.2 Å². The van der Waals surface area contributed by atoms with E-state index in [1.54, 1.807) is 41.6 Å². The van der Waals surface area contributed by atoms with Gasteiger partial charge in [-0.15, -0.1) is 0 Å². The van der Waals surface area contributed by atoms with E-state index in [9.17, 15) is 15.0 Å². The fourth-order valence-electron chi connectivity index (χ4n) is 2.63. The number of anilines is 1. The zero-order valence-electron chi connectivity index (χ0n) is 13.0. The van der Waals surface area contributed by atoms with Gasteiger partial charge >= 0.3 is 0 Å². The predicted octanol–water partition coefficient (Wildman–Crippen LogP) is -0.396. The predicted molar refractivity (Wildman–Crippen MR) is 86.4 cm³/mol. The summed E-state index contributed by atoms with van der Waals surface area (Å²) in [7, 11) is 0. The monoisotopic (exact) mass is 329 g/mol. The first kappa shape index (κ1) is 16.3. The molecule has 3 rings (SSSR count). The fourth-order valence-corrected chi connectivity index (χ4v) is 2.63. The van der Waals surface area contributed by atoms with Crippen molar-refractivity contribution in [1.29, 1.82) is 0 Å². The van der Waals surface area contributed by atoms with Crippen LogP contribution >= 0.6 is 0 Å². The molecule has 0 bridgehead atoms. The Hall–Kier alpha value is -2.58. The Morgan fingerprint density at radius 1 is 1.25 bits per heavy atom. The van der Waals surface area contributed by atoms with Crippen LogP contribution in [0.1, 0.15) is 16.9 Å². The van der Waals surface area contributed by atoms with Crippen LogP contribution in [-0.2, 0) is 0 Å². The molecule has 0 saturated carbocycles. The molecule has 0 aliphatic carbocycles. The third kappa shape index (κ3) is 3.50. The number of carbonyl (C=O) groups is 1. The lowest BCUT2D eigenvalue weighted by Gasteiger charge is -2.42. The number of amides is 1. The van der Waals surface area contributed by atoms with Crippen molar-refractivity contribution in [2.45, 2.75) is 18.1 Å². The molecule has 3 heterocycles. The summed E-state index contributed by atoms with van der Waals surface area (Å²) in [6, 6.07) is 6.73. The second-order valence-electron chi connectivity index (χ2n) is 5.76. The van der Waals surface area contributed by atoms with Gasteiger partial charge in [-0.3, -0.25) is 9.78 Å². The van der Waals surface area contributed by atoms with Crippen molar-refractivity contribution in [3.05, 3.63) is 48.5 Å². The molecule has 1 saturated heterocycles. The van der Waals surface area contributed by atoms with Gasteiger partial charge in [-0.25, -0.2) is 9.97 Å². The summed E-state index contributed by atoms with van der Waals surface area (Å²) in [6.07, 6.45) is 4.04. The Morgan fingerprint density at radius 2 is 2.00 bits per heavy atom. The minimum atomic E-state index is -1.39. The molecular weight excluding hydrogens is 310 g/mol. The van der Waals surface area contributed by atoms with Crippen molar-refractivity contribution in [1.82, 2.24) is 20.3 Å². The van der Waals surface area contributed by atoms with Crippen LogP contribution in [0.25, 0.3) is 0 Å². The number of nitrogens with one attached hydrogen (secondary N) is 1. The van der Waals surface area contributed by atoms with E-state index in [-0.39, 0.29) is 31.1 Å². The van der Waals surface area contributed by atoms with Crippen LogP contribution in [0.5, 0.6) is 0 Å². The molecule has 0 unspecified atom stereocenters. The highest BCUT2D eigenvalue weighted by molar-refractivity contribution is 5.92. The molecule has 1 fully saturated rings. The number of hydrogen-bond donors (Lipinski definition) is 3. The molecule has 0 aromatic carbocycles. The van der Waals surface area contributed by atoms with E-state index < -0.39 is 11.7 Å². The van der Waals surface area contributed by atoms with Crippen LogP contribution in [0.4, 0.5) is 5.95 Å². The largest absolute Gasteiger partial charge is 0.388 e. The number of aliphatic hydroxyl groups excluding tert-OH is 1. The lowest BCUT2D eigenvalue weighted by atomic mass is 9.88. The van der Waals surface area contributed by atoms with Gasteiger partial charge in [0.15, 0.2) is 0 Å². The van der Waals surface area contributed by atoms with Crippen LogP contribution in [0.3, 0.4) is 0 Å². The number of piperidine rings is 1. The van der Waals surface area contributed by atoms with Gasteiger partial charge in [-0.05, 0) is 24.6 Å². The molecule has 24 heavy (non-hydrogen) atoms. The molecule has 2 aromatic rings. The second-order valence-corrected chi connectivity index (χ2v) is 5.76. The lowest BCUT2D eigenvalue weighted by molar-refractivity contribution is -0.0826. The smallest absolute Gasteiger partial charge is 0.269 e. The summed E-state index contributed by atoms with van der Waals surface area (Å²) >= 11 is 0. The summed E-state index contributed by atoms with van der Waals surface area (Å²) in [5, 5.41) is 23.6. The molecule has 8 nitrogen and oxygen atoms in total. The number of aliphatic hydroxyl groups is 2. The lowest BCUT2D eigenvalue weighted by Crippen LogP contribution is -2.60. The van der Waals surface area contributed by atoms with Crippen molar-refractivity contribution >= 4 is 11.9 Å². The van der Waals surface area contributed by atoms with Gasteiger partial charge < -0.3 is 20.4 Å². The van der Waals surface area contributed by atoms with Gasteiger partial charge in [0.05, 0.1) is 0 Å². The van der Waals surface area contributed by atoms with Crippen molar-refractivity contribution in [2.75, 3.05) is 24.5 Å². The number of β-amino-alcohol motifs (C(OH)–C–C–N with tert-alkyl or cyclic N) is 1.